The normalized spacial score (nSPS) is 18.2. The molecule has 1 aromatic carbocycles. The highest BCUT2D eigenvalue weighted by Crippen LogP contribution is 2.25. The van der Waals surface area contributed by atoms with Gasteiger partial charge < -0.3 is 14.7 Å². The summed E-state index contributed by atoms with van der Waals surface area (Å²) in [6, 6.07) is 9.87. The van der Waals surface area contributed by atoms with Gasteiger partial charge in [0.1, 0.15) is 0 Å². The molecule has 2 heterocycles. The summed E-state index contributed by atoms with van der Waals surface area (Å²) in [5, 5.41) is 6.80. The monoisotopic (exact) mass is 300 g/mol. The van der Waals surface area contributed by atoms with Crippen LogP contribution in [0.3, 0.4) is 0 Å². The smallest absolute Gasteiger partial charge is 0.317 e. The molecule has 1 fully saturated rings. The van der Waals surface area contributed by atoms with Crippen LogP contribution in [0.25, 0.3) is 0 Å². The molecule has 1 atom stereocenters. The fourth-order valence-corrected chi connectivity index (χ4v) is 2.73. The number of urea groups is 1. The Bertz CT molecular complexity index is 626. The van der Waals surface area contributed by atoms with Crippen molar-refractivity contribution >= 4 is 6.03 Å². The Morgan fingerprint density at radius 2 is 2.23 bits per heavy atom. The van der Waals surface area contributed by atoms with Crippen molar-refractivity contribution in [2.75, 3.05) is 13.1 Å². The number of nitrogens with zero attached hydrogens (tertiary/aromatic N) is 3. The molecule has 3 rings (SSSR count). The van der Waals surface area contributed by atoms with Crippen molar-refractivity contribution in [1.82, 2.24) is 20.4 Å². The second kappa shape index (κ2) is 6.60. The third-order valence-electron chi connectivity index (χ3n) is 3.89. The van der Waals surface area contributed by atoms with Crippen molar-refractivity contribution in [3.63, 3.8) is 0 Å². The standard InChI is InChI=1S/C16H20N4O2/c1-12-18-15(22-19-12)14-8-5-9-20(11-14)16(21)17-10-13-6-3-2-4-7-13/h2-4,6-7,14H,5,8-11H2,1H3,(H,17,21)/t14-/m0/s1. The lowest BCUT2D eigenvalue weighted by Crippen LogP contribution is -2.44. The molecular formula is C16H20N4O2. The molecule has 22 heavy (non-hydrogen) atoms. The summed E-state index contributed by atoms with van der Waals surface area (Å²) < 4.78 is 5.24. The minimum Gasteiger partial charge on any atom is -0.339 e. The molecule has 1 aromatic heterocycles. The lowest BCUT2D eigenvalue weighted by atomic mass is 9.98. The maximum Gasteiger partial charge on any atom is 0.317 e. The molecule has 1 aliphatic rings. The van der Waals surface area contributed by atoms with E-state index in [1.165, 1.54) is 0 Å². The van der Waals surface area contributed by atoms with Crippen LogP contribution in [0.1, 0.15) is 36.0 Å². The summed E-state index contributed by atoms with van der Waals surface area (Å²) >= 11 is 0. The van der Waals surface area contributed by atoms with Gasteiger partial charge in [-0.3, -0.25) is 0 Å². The van der Waals surface area contributed by atoms with E-state index in [1.54, 1.807) is 6.92 Å². The number of hydrogen-bond donors (Lipinski definition) is 1. The summed E-state index contributed by atoms with van der Waals surface area (Å²) in [4.78, 5) is 18.4. The SMILES string of the molecule is Cc1noc([C@H]2CCCN(C(=O)NCc3ccccc3)C2)n1. The van der Waals surface area contributed by atoms with E-state index in [2.05, 4.69) is 15.5 Å². The summed E-state index contributed by atoms with van der Waals surface area (Å²) in [6.45, 7) is 3.74. The molecule has 0 saturated carbocycles. The average molecular weight is 300 g/mol. The number of aromatic nitrogens is 2. The summed E-state index contributed by atoms with van der Waals surface area (Å²) in [6.07, 6.45) is 1.93. The summed E-state index contributed by atoms with van der Waals surface area (Å²) in [5.41, 5.74) is 1.09. The van der Waals surface area contributed by atoms with Gasteiger partial charge in [0.15, 0.2) is 5.82 Å². The molecule has 0 aliphatic carbocycles. The first kappa shape index (κ1) is 14.6. The highest BCUT2D eigenvalue weighted by Gasteiger charge is 2.28. The minimum absolute atomic E-state index is 0.0372. The highest BCUT2D eigenvalue weighted by molar-refractivity contribution is 5.74. The second-order valence-corrected chi connectivity index (χ2v) is 5.61. The molecule has 0 bridgehead atoms. The van der Waals surface area contributed by atoms with Gasteiger partial charge in [0.25, 0.3) is 0 Å². The van der Waals surface area contributed by atoms with E-state index in [-0.39, 0.29) is 11.9 Å². The Balaban J connectivity index is 1.56. The van der Waals surface area contributed by atoms with Crippen molar-refractivity contribution in [3.8, 4) is 0 Å². The molecule has 0 unspecified atom stereocenters. The lowest BCUT2D eigenvalue weighted by Gasteiger charge is -2.31. The topological polar surface area (TPSA) is 71.3 Å². The first-order chi connectivity index (χ1) is 10.7. The van der Waals surface area contributed by atoms with E-state index in [0.717, 1.165) is 24.9 Å². The van der Waals surface area contributed by atoms with Crippen molar-refractivity contribution < 1.29 is 9.32 Å². The number of aryl methyl sites for hydroxylation is 1. The van der Waals surface area contributed by atoms with Gasteiger partial charge in [-0.1, -0.05) is 35.5 Å². The summed E-state index contributed by atoms with van der Waals surface area (Å²) in [7, 11) is 0. The van der Waals surface area contributed by atoms with Gasteiger partial charge in [0.05, 0.1) is 5.92 Å². The molecule has 1 aliphatic heterocycles. The van der Waals surface area contributed by atoms with Crippen LogP contribution in [0.5, 0.6) is 0 Å². The molecule has 6 heteroatoms. The number of carbonyl (C=O) groups is 1. The van der Waals surface area contributed by atoms with E-state index < -0.39 is 0 Å². The largest absolute Gasteiger partial charge is 0.339 e. The average Bonchev–Trinajstić information content (AvgIpc) is 3.00. The second-order valence-electron chi connectivity index (χ2n) is 5.61. The first-order valence-corrected chi connectivity index (χ1v) is 7.59. The number of rotatable bonds is 3. The van der Waals surface area contributed by atoms with Gasteiger partial charge in [-0.2, -0.15) is 4.98 Å². The van der Waals surface area contributed by atoms with Gasteiger partial charge in [-0.15, -0.1) is 0 Å². The predicted octanol–water partition coefficient (Wildman–Crippen LogP) is 2.47. The first-order valence-electron chi connectivity index (χ1n) is 7.59. The number of hydrogen-bond acceptors (Lipinski definition) is 4. The van der Waals surface area contributed by atoms with E-state index >= 15 is 0 Å². The molecule has 2 amide bonds. The van der Waals surface area contributed by atoms with Crippen LogP contribution in [0.4, 0.5) is 4.79 Å². The van der Waals surface area contributed by atoms with Crippen molar-refractivity contribution in [1.29, 1.82) is 0 Å². The van der Waals surface area contributed by atoms with E-state index in [9.17, 15) is 4.79 Å². The fourth-order valence-electron chi connectivity index (χ4n) is 2.73. The van der Waals surface area contributed by atoms with Crippen molar-refractivity contribution in [2.45, 2.75) is 32.2 Å². The van der Waals surface area contributed by atoms with Gasteiger partial charge in [-0.25, -0.2) is 4.79 Å². The van der Waals surface area contributed by atoms with E-state index in [1.807, 2.05) is 35.2 Å². The van der Waals surface area contributed by atoms with Crippen LogP contribution in [0.15, 0.2) is 34.9 Å². The van der Waals surface area contributed by atoms with Gasteiger partial charge in [0, 0.05) is 19.6 Å². The number of benzene rings is 1. The molecule has 1 N–H and O–H groups in total. The maximum absolute atomic E-state index is 12.3. The lowest BCUT2D eigenvalue weighted by molar-refractivity contribution is 0.171. The molecule has 6 nitrogen and oxygen atoms in total. The van der Waals surface area contributed by atoms with Crippen LogP contribution in [0.2, 0.25) is 0 Å². The Morgan fingerprint density at radius 3 is 2.95 bits per heavy atom. The molecule has 0 spiro atoms. The Labute approximate surface area is 129 Å². The number of carbonyl (C=O) groups excluding carboxylic acids is 1. The van der Waals surface area contributed by atoms with Gasteiger partial charge in [0.2, 0.25) is 5.89 Å². The molecule has 2 aromatic rings. The predicted molar refractivity (Wildman–Crippen MR) is 81.3 cm³/mol. The Morgan fingerprint density at radius 1 is 1.41 bits per heavy atom. The number of nitrogens with one attached hydrogen (secondary N) is 1. The van der Waals surface area contributed by atoms with Crippen LogP contribution in [0, 0.1) is 6.92 Å². The zero-order valence-electron chi connectivity index (χ0n) is 12.7. The van der Waals surface area contributed by atoms with Crippen LogP contribution >= 0.6 is 0 Å². The maximum atomic E-state index is 12.3. The third-order valence-corrected chi connectivity index (χ3v) is 3.89. The summed E-state index contributed by atoms with van der Waals surface area (Å²) in [5.74, 6) is 1.41. The molecule has 0 radical (unpaired) electrons. The fraction of sp³-hybridized carbons (Fsp3) is 0.438. The van der Waals surface area contributed by atoms with Crippen molar-refractivity contribution in [2.24, 2.45) is 0 Å². The van der Waals surface area contributed by atoms with E-state index in [4.69, 9.17) is 4.52 Å². The van der Waals surface area contributed by atoms with Crippen LogP contribution < -0.4 is 5.32 Å². The third kappa shape index (κ3) is 3.44. The quantitative estimate of drug-likeness (QED) is 0.945. The zero-order chi connectivity index (χ0) is 15.4. The number of piperidine rings is 1. The zero-order valence-corrected chi connectivity index (χ0v) is 12.7. The van der Waals surface area contributed by atoms with Crippen LogP contribution in [-0.4, -0.2) is 34.2 Å². The number of likely N-dealkylation sites (tertiary alicyclic amines) is 1. The van der Waals surface area contributed by atoms with E-state index in [0.29, 0.717) is 24.8 Å². The van der Waals surface area contributed by atoms with Gasteiger partial charge in [-0.05, 0) is 25.3 Å². The molecular weight excluding hydrogens is 280 g/mol. The Kier molecular flexibility index (Phi) is 4.37. The minimum atomic E-state index is -0.0372. The highest BCUT2D eigenvalue weighted by atomic mass is 16.5. The Hall–Kier alpha value is -2.37. The number of amides is 2. The molecule has 1 saturated heterocycles. The molecule has 116 valence electrons. The van der Waals surface area contributed by atoms with Crippen LogP contribution in [-0.2, 0) is 6.54 Å². The van der Waals surface area contributed by atoms with Gasteiger partial charge >= 0.3 is 6.03 Å². The van der Waals surface area contributed by atoms with Crippen molar-refractivity contribution in [3.05, 3.63) is 47.6 Å².